The fraction of sp³-hybridized carbons (Fsp3) is 0.667. The summed E-state index contributed by atoms with van der Waals surface area (Å²) in [7, 11) is 2.10. The van der Waals surface area contributed by atoms with Gasteiger partial charge in [0, 0.05) is 11.1 Å². The Kier molecular flexibility index (Phi) is 6.38. The molecule has 1 nitrogen and oxygen atoms in total. The predicted molar refractivity (Wildman–Crippen MR) is 88.4 cm³/mol. The maximum Gasteiger partial charge on any atom is 0.0408 e. The van der Waals surface area contributed by atoms with Gasteiger partial charge in [0.2, 0.25) is 0 Å². The summed E-state index contributed by atoms with van der Waals surface area (Å²) >= 11 is 6.09. The van der Waals surface area contributed by atoms with E-state index in [1.54, 1.807) is 0 Å². The lowest BCUT2D eigenvalue weighted by molar-refractivity contribution is 0.217. The first-order valence-electron chi connectivity index (χ1n) is 8.14. The van der Waals surface area contributed by atoms with Crippen molar-refractivity contribution in [1.29, 1.82) is 0 Å². The van der Waals surface area contributed by atoms with E-state index in [0.717, 1.165) is 23.3 Å². The molecule has 0 saturated heterocycles. The Labute approximate surface area is 129 Å². The van der Waals surface area contributed by atoms with Crippen LogP contribution < -0.4 is 5.32 Å². The number of nitrogens with one attached hydrogen (secondary N) is 1. The Morgan fingerprint density at radius 2 is 2.00 bits per heavy atom. The standard InChI is InChI=1S/C18H28ClN/c1-3-5-14-8-10-16(11-9-14)18(20-2)13-15-6-4-7-17(19)12-15/h4,6-7,12,14,16,18,20H,3,5,8-11,13H2,1-2H3. The van der Waals surface area contributed by atoms with E-state index in [2.05, 4.69) is 37.5 Å². The Balaban J connectivity index is 1.89. The summed E-state index contributed by atoms with van der Waals surface area (Å²) in [4.78, 5) is 0. The first-order valence-corrected chi connectivity index (χ1v) is 8.52. The Bertz CT molecular complexity index is 396. The average Bonchev–Trinajstić information content (AvgIpc) is 2.46. The molecule has 0 aromatic heterocycles. The molecule has 0 amide bonds. The van der Waals surface area contributed by atoms with E-state index in [4.69, 9.17) is 11.6 Å². The van der Waals surface area contributed by atoms with Crippen LogP contribution in [0.5, 0.6) is 0 Å². The topological polar surface area (TPSA) is 12.0 Å². The number of benzene rings is 1. The van der Waals surface area contributed by atoms with Gasteiger partial charge in [0.25, 0.3) is 0 Å². The van der Waals surface area contributed by atoms with Crippen molar-refractivity contribution in [1.82, 2.24) is 5.32 Å². The predicted octanol–water partition coefficient (Wildman–Crippen LogP) is 5.08. The maximum atomic E-state index is 6.09. The number of hydrogen-bond donors (Lipinski definition) is 1. The quantitative estimate of drug-likeness (QED) is 0.771. The van der Waals surface area contributed by atoms with E-state index >= 15 is 0 Å². The highest BCUT2D eigenvalue weighted by molar-refractivity contribution is 6.30. The van der Waals surface area contributed by atoms with Crippen LogP contribution >= 0.6 is 11.6 Å². The molecule has 1 unspecified atom stereocenters. The van der Waals surface area contributed by atoms with Crippen molar-refractivity contribution >= 4 is 11.6 Å². The molecule has 2 rings (SSSR count). The highest BCUT2D eigenvalue weighted by Gasteiger charge is 2.26. The summed E-state index contributed by atoms with van der Waals surface area (Å²) in [5.74, 6) is 1.81. The minimum absolute atomic E-state index is 0.594. The van der Waals surface area contributed by atoms with Crippen LogP contribution in [0.25, 0.3) is 0 Å². The Morgan fingerprint density at radius 1 is 1.25 bits per heavy atom. The van der Waals surface area contributed by atoms with Crippen LogP contribution in [0, 0.1) is 11.8 Å². The zero-order valence-electron chi connectivity index (χ0n) is 12.9. The Hall–Kier alpha value is -0.530. The van der Waals surface area contributed by atoms with Crippen LogP contribution in [-0.4, -0.2) is 13.1 Å². The van der Waals surface area contributed by atoms with Crippen LogP contribution in [0.3, 0.4) is 0 Å². The van der Waals surface area contributed by atoms with Gasteiger partial charge in [-0.05, 0) is 55.8 Å². The van der Waals surface area contributed by atoms with Crippen molar-refractivity contribution in [3.05, 3.63) is 34.9 Å². The summed E-state index contributed by atoms with van der Waals surface area (Å²) in [5.41, 5.74) is 1.35. The van der Waals surface area contributed by atoms with E-state index in [0.29, 0.717) is 6.04 Å². The van der Waals surface area contributed by atoms with E-state index in [1.165, 1.54) is 44.1 Å². The van der Waals surface area contributed by atoms with Gasteiger partial charge in [0.1, 0.15) is 0 Å². The second-order valence-electron chi connectivity index (χ2n) is 6.30. The number of rotatable bonds is 6. The first-order chi connectivity index (χ1) is 9.72. The van der Waals surface area contributed by atoms with Gasteiger partial charge in [-0.2, -0.15) is 0 Å². The summed E-state index contributed by atoms with van der Waals surface area (Å²) in [6.45, 7) is 2.31. The van der Waals surface area contributed by atoms with E-state index in [1.807, 2.05) is 6.07 Å². The molecular formula is C18H28ClN. The monoisotopic (exact) mass is 293 g/mol. The molecule has 1 aliphatic rings. The molecule has 1 aromatic carbocycles. The molecule has 2 heteroatoms. The van der Waals surface area contributed by atoms with Crippen LogP contribution in [0.2, 0.25) is 5.02 Å². The van der Waals surface area contributed by atoms with E-state index < -0.39 is 0 Å². The van der Waals surface area contributed by atoms with Crippen LogP contribution in [-0.2, 0) is 6.42 Å². The van der Waals surface area contributed by atoms with Gasteiger partial charge in [-0.25, -0.2) is 0 Å². The molecule has 20 heavy (non-hydrogen) atoms. The lowest BCUT2D eigenvalue weighted by atomic mass is 9.76. The SMILES string of the molecule is CCCC1CCC(C(Cc2cccc(Cl)c2)NC)CC1. The van der Waals surface area contributed by atoms with Crippen molar-refractivity contribution < 1.29 is 0 Å². The summed E-state index contributed by atoms with van der Waals surface area (Å²) in [6.07, 6.45) is 9.48. The molecule has 1 atom stereocenters. The lowest BCUT2D eigenvalue weighted by Crippen LogP contribution is -2.37. The summed E-state index contributed by atoms with van der Waals surface area (Å²) in [5, 5.41) is 4.39. The normalized spacial score (nSPS) is 24.6. The molecule has 1 aromatic rings. The second kappa shape index (κ2) is 8.05. The largest absolute Gasteiger partial charge is 0.316 e. The first kappa shape index (κ1) is 15.9. The van der Waals surface area contributed by atoms with Gasteiger partial charge in [-0.15, -0.1) is 0 Å². The number of halogens is 1. The molecule has 1 N–H and O–H groups in total. The molecule has 0 bridgehead atoms. The third kappa shape index (κ3) is 4.49. The maximum absolute atomic E-state index is 6.09. The molecule has 1 aliphatic carbocycles. The molecule has 112 valence electrons. The van der Waals surface area contributed by atoms with Crippen molar-refractivity contribution in [2.75, 3.05) is 7.05 Å². The number of likely N-dealkylation sites (N-methyl/N-ethyl adjacent to an activating group) is 1. The van der Waals surface area contributed by atoms with Gasteiger partial charge in [-0.1, -0.05) is 56.3 Å². The van der Waals surface area contributed by atoms with Gasteiger partial charge in [-0.3, -0.25) is 0 Å². The van der Waals surface area contributed by atoms with Gasteiger partial charge in [0.15, 0.2) is 0 Å². The zero-order chi connectivity index (χ0) is 14.4. The summed E-state index contributed by atoms with van der Waals surface area (Å²) in [6, 6.07) is 8.90. The number of hydrogen-bond acceptors (Lipinski definition) is 1. The van der Waals surface area contributed by atoms with Crippen LogP contribution in [0.15, 0.2) is 24.3 Å². The third-order valence-electron chi connectivity index (χ3n) is 4.87. The van der Waals surface area contributed by atoms with Gasteiger partial charge < -0.3 is 5.32 Å². The minimum Gasteiger partial charge on any atom is -0.316 e. The average molecular weight is 294 g/mol. The van der Waals surface area contributed by atoms with Gasteiger partial charge >= 0.3 is 0 Å². The summed E-state index contributed by atoms with van der Waals surface area (Å²) < 4.78 is 0. The van der Waals surface area contributed by atoms with E-state index in [-0.39, 0.29) is 0 Å². The molecule has 0 spiro atoms. The molecule has 1 saturated carbocycles. The van der Waals surface area contributed by atoms with Crippen molar-refractivity contribution in [2.24, 2.45) is 11.8 Å². The molecule has 1 fully saturated rings. The van der Waals surface area contributed by atoms with Gasteiger partial charge in [0.05, 0.1) is 0 Å². The molecule has 0 heterocycles. The minimum atomic E-state index is 0.594. The second-order valence-corrected chi connectivity index (χ2v) is 6.74. The Morgan fingerprint density at radius 3 is 2.60 bits per heavy atom. The lowest BCUT2D eigenvalue weighted by Gasteiger charge is -2.34. The highest BCUT2D eigenvalue weighted by atomic mass is 35.5. The molecule has 0 aliphatic heterocycles. The fourth-order valence-corrected chi connectivity index (χ4v) is 3.92. The highest BCUT2D eigenvalue weighted by Crippen LogP contribution is 2.34. The van der Waals surface area contributed by atoms with Crippen LogP contribution in [0.4, 0.5) is 0 Å². The van der Waals surface area contributed by atoms with Crippen molar-refractivity contribution in [2.45, 2.75) is 57.9 Å². The smallest absolute Gasteiger partial charge is 0.0408 e. The zero-order valence-corrected chi connectivity index (χ0v) is 13.6. The fourth-order valence-electron chi connectivity index (χ4n) is 3.71. The third-order valence-corrected chi connectivity index (χ3v) is 5.11. The van der Waals surface area contributed by atoms with Crippen molar-refractivity contribution in [3.8, 4) is 0 Å². The molecule has 0 radical (unpaired) electrons. The molecular weight excluding hydrogens is 266 g/mol. The van der Waals surface area contributed by atoms with E-state index in [9.17, 15) is 0 Å². The van der Waals surface area contributed by atoms with Crippen molar-refractivity contribution in [3.63, 3.8) is 0 Å². The van der Waals surface area contributed by atoms with Crippen LogP contribution in [0.1, 0.15) is 51.0 Å².